The Morgan fingerprint density at radius 2 is 2.05 bits per heavy atom. The number of Topliss-reactive ketones (excluding diaryl/α,β-unsaturated/α-hetero) is 1. The van der Waals surface area contributed by atoms with E-state index in [0.717, 1.165) is 36.7 Å². The molecule has 0 aliphatic carbocycles. The summed E-state index contributed by atoms with van der Waals surface area (Å²) in [6.45, 7) is 0.900. The number of fused-ring (bicyclic) bond motifs is 1. The number of hydrogen-bond donors (Lipinski definition) is 1. The molecule has 0 atom stereocenters. The molecule has 0 spiro atoms. The van der Waals surface area contributed by atoms with Crippen molar-refractivity contribution in [3.05, 3.63) is 64.7 Å². The fourth-order valence-electron chi connectivity index (χ4n) is 2.70. The standard InChI is InChI=1S/C17H15F2NO/c18-12-7-6-11(15(19)10-12)9-17(21)14-3-1-5-16-13(14)4-2-8-20-16/h1,3,5-7,10,20H,2,4,8-9H2. The maximum atomic E-state index is 13.7. The highest BCUT2D eigenvalue weighted by molar-refractivity contribution is 6.00. The SMILES string of the molecule is O=C(Cc1ccc(F)cc1F)c1cccc2c1CCCN2. The van der Waals surface area contributed by atoms with Gasteiger partial charge < -0.3 is 5.32 Å². The highest BCUT2D eigenvalue weighted by Gasteiger charge is 2.18. The lowest BCUT2D eigenvalue weighted by Crippen LogP contribution is -2.16. The zero-order valence-corrected chi connectivity index (χ0v) is 11.5. The molecule has 2 aromatic carbocycles. The molecule has 0 bridgehead atoms. The smallest absolute Gasteiger partial charge is 0.167 e. The summed E-state index contributed by atoms with van der Waals surface area (Å²) in [7, 11) is 0. The zero-order chi connectivity index (χ0) is 14.8. The summed E-state index contributed by atoms with van der Waals surface area (Å²) in [4.78, 5) is 12.4. The normalized spacial score (nSPS) is 13.4. The summed E-state index contributed by atoms with van der Waals surface area (Å²) < 4.78 is 26.6. The van der Waals surface area contributed by atoms with Crippen LogP contribution in [0.4, 0.5) is 14.5 Å². The molecule has 1 aliphatic heterocycles. The van der Waals surface area contributed by atoms with Gasteiger partial charge in [0.25, 0.3) is 0 Å². The van der Waals surface area contributed by atoms with E-state index in [1.807, 2.05) is 12.1 Å². The first-order valence-corrected chi connectivity index (χ1v) is 6.98. The molecular weight excluding hydrogens is 272 g/mol. The Bertz CT molecular complexity index is 697. The van der Waals surface area contributed by atoms with Gasteiger partial charge in [0, 0.05) is 30.3 Å². The topological polar surface area (TPSA) is 29.1 Å². The van der Waals surface area contributed by atoms with Gasteiger partial charge in [-0.25, -0.2) is 8.78 Å². The van der Waals surface area contributed by atoms with E-state index in [1.165, 1.54) is 12.1 Å². The number of halogens is 2. The van der Waals surface area contributed by atoms with E-state index in [1.54, 1.807) is 6.07 Å². The van der Waals surface area contributed by atoms with Crippen LogP contribution < -0.4 is 5.32 Å². The monoisotopic (exact) mass is 287 g/mol. The molecule has 0 saturated heterocycles. The zero-order valence-electron chi connectivity index (χ0n) is 11.5. The van der Waals surface area contributed by atoms with Crippen LogP contribution in [0.15, 0.2) is 36.4 Å². The van der Waals surface area contributed by atoms with Gasteiger partial charge in [-0.2, -0.15) is 0 Å². The minimum Gasteiger partial charge on any atom is -0.385 e. The second-order valence-electron chi connectivity index (χ2n) is 5.20. The molecule has 0 radical (unpaired) electrons. The summed E-state index contributed by atoms with van der Waals surface area (Å²) >= 11 is 0. The third-order valence-corrected chi connectivity index (χ3v) is 3.76. The number of ketones is 1. The number of hydrogen-bond acceptors (Lipinski definition) is 2. The van der Waals surface area contributed by atoms with E-state index in [0.29, 0.717) is 5.56 Å². The van der Waals surface area contributed by atoms with Crippen LogP contribution in [0.2, 0.25) is 0 Å². The van der Waals surface area contributed by atoms with Crippen molar-refractivity contribution in [3.63, 3.8) is 0 Å². The summed E-state index contributed by atoms with van der Waals surface area (Å²) in [5.74, 6) is -1.45. The number of anilines is 1. The lowest BCUT2D eigenvalue weighted by molar-refractivity contribution is 0.0991. The first-order valence-electron chi connectivity index (χ1n) is 6.98. The van der Waals surface area contributed by atoms with Gasteiger partial charge in [-0.3, -0.25) is 4.79 Å². The van der Waals surface area contributed by atoms with Crippen LogP contribution in [0.1, 0.15) is 27.9 Å². The van der Waals surface area contributed by atoms with Crippen molar-refractivity contribution in [2.45, 2.75) is 19.3 Å². The molecular formula is C17H15F2NO. The average molecular weight is 287 g/mol. The van der Waals surface area contributed by atoms with Gasteiger partial charge in [0.05, 0.1) is 0 Å². The van der Waals surface area contributed by atoms with Crippen molar-refractivity contribution in [2.24, 2.45) is 0 Å². The Balaban J connectivity index is 1.89. The average Bonchev–Trinajstić information content (AvgIpc) is 2.49. The number of nitrogens with one attached hydrogen (secondary N) is 1. The molecule has 0 amide bonds. The van der Waals surface area contributed by atoms with Gasteiger partial charge in [-0.05, 0) is 36.1 Å². The highest BCUT2D eigenvalue weighted by atomic mass is 19.1. The molecule has 0 saturated carbocycles. The molecule has 1 N–H and O–H groups in total. The maximum absolute atomic E-state index is 13.7. The Morgan fingerprint density at radius 1 is 1.19 bits per heavy atom. The number of benzene rings is 2. The van der Waals surface area contributed by atoms with Crippen molar-refractivity contribution in [1.29, 1.82) is 0 Å². The van der Waals surface area contributed by atoms with Gasteiger partial charge in [0.15, 0.2) is 5.78 Å². The van der Waals surface area contributed by atoms with E-state index in [-0.39, 0.29) is 17.8 Å². The molecule has 21 heavy (non-hydrogen) atoms. The second kappa shape index (κ2) is 5.64. The molecule has 2 aromatic rings. The first kappa shape index (κ1) is 13.7. The Kier molecular flexibility index (Phi) is 3.69. The van der Waals surface area contributed by atoms with Crippen molar-refractivity contribution >= 4 is 11.5 Å². The van der Waals surface area contributed by atoms with E-state index in [4.69, 9.17) is 0 Å². The highest BCUT2D eigenvalue weighted by Crippen LogP contribution is 2.26. The van der Waals surface area contributed by atoms with E-state index >= 15 is 0 Å². The minimum absolute atomic E-state index is 0.0530. The molecule has 3 rings (SSSR count). The summed E-state index contributed by atoms with van der Waals surface area (Å²) in [6, 6.07) is 8.86. The number of carbonyl (C=O) groups is 1. The molecule has 0 fully saturated rings. The minimum atomic E-state index is -0.675. The van der Waals surface area contributed by atoms with Crippen LogP contribution in [0.25, 0.3) is 0 Å². The summed E-state index contributed by atoms with van der Waals surface area (Å²) in [5.41, 5.74) is 2.83. The molecule has 0 aromatic heterocycles. The molecule has 1 heterocycles. The Hall–Kier alpha value is -2.23. The van der Waals surface area contributed by atoms with Crippen LogP contribution in [-0.4, -0.2) is 12.3 Å². The van der Waals surface area contributed by atoms with Gasteiger partial charge in [0.1, 0.15) is 11.6 Å². The van der Waals surface area contributed by atoms with Crippen LogP contribution in [0.3, 0.4) is 0 Å². The quantitative estimate of drug-likeness (QED) is 0.871. The van der Waals surface area contributed by atoms with Crippen LogP contribution in [0, 0.1) is 11.6 Å². The van der Waals surface area contributed by atoms with Crippen LogP contribution >= 0.6 is 0 Å². The second-order valence-corrected chi connectivity index (χ2v) is 5.20. The molecule has 2 nitrogen and oxygen atoms in total. The summed E-state index contributed by atoms with van der Waals surface area (Å²) in [5, 5.41) is 3.26. The maximum Gasteiger partial charge on any atom is 0.167 e. The fourth-order valence-corrected chi connectivity index (χ4v) is 2.70. The van der Waals surface area contributed by atoms with Crippen molar-refractivity contribution in [2.75, 3.05) is 11.9 Å². The first-order chi connectivity index (χ1) is 10.1. The van der Waals surface area contributed by atoms with Crippen LogP contribution in [-0.2, 0) is 12.8 Å². The molecule has 4 heteroatoms. The van der Waals surface area contributed by atoms with E-state index < -0.39 is 11.6 Å². The molecule has 0 unspecified atom stereocenters. The molecule has 108 valence electrons. The third kappa shape index (κ3) is 2.79. The largest absolute Gasteiger partial charge is 0.385 e. The Morgan fingerprint density at radius 3 is 2.86 bits per heavy atom. The third-order valence-electron chi connectivity index (χ3n) is 3.76. The Labute approximate surface area is 121 Å². The van der Waals surface area contributed by atoms with E-state index in [2.05, 4.69) is 5.32 Å². The van der Waals surface area contributed by atoms with Crippen molar-refractivity contribution in [3.8, 4) is 0 Å². The predicted molar refractivity (Wildman–Crippen MR) is 77.6 cm³/mol. The van der Waals surface area contributed by atoms with Gasteiger partial charge in [-0.1, -0.05) is 18.2 Å². The summed E-state index contributed by atoms with van der Waals surface area (Å²) in [6.07, 6.45) is 1.76. The fraction of sp³-hybridized carbons (Fsp3) is 0.235. The van der Waals surface area contributed by atoms with Crippen molar-refractivity contribution < 1.29 is 13.6 Å². The van der Waals surface area contributed by atoms with Gasteiger partial charge in [-0.15, -0.1) is 0 Å². The van der Waals surface area contributed by atoms with Gasteiger partial charge >= 0.3 is 0 Å². The predicted octanol–water partition coefficient (Wildman–Crippen LogP) is 3.75. The lowest BCUT2D eigenvalue weighted by atomic mass is 9.92. The number of carbonyl (C=O) groups excluding carboxylic acids is 1. The van der Waals surface area contributed by atoms with Gasteiger partial charge in [0.2, 0.25) is 0 Å². The molecule has 1 aliphatic rings. The lowest BCUT2D eigenvalue weighted by Gasteiger charge is -2.20. The van der Waals surface area contributed by atoms with E-state index in [9.17, 15) is 13.6 Å². The van der Waals surface area contributed by atoms with Crippen molar-refractivity contribution in [1.82, 2.24) is 0 Å². The number of rotatable bonds is 3. The van der Waals surface area contributed by atoms with Crippen LogP contribution in [0.5, 0.6) is 0 Å².